The van der Waals surface area contributed by atoms with Crippen LogP contribution in [0.15, 0.2) is 67.1 Å². The Morgan fingerprint density at radius 2 is 1.83 bits per heavy atom. The Morgan fingerprint density at radius 1 is 1.02 bits per heavy atom. The molecule has 3 N–H and O–H groups in total. The molecule has 41 heavy (non-hydrogen) atoms. The smallest absolute Gasteiger partial charge is 0.258 e. The van der Waals surface area contributed by atoms with E-state index in [4.69, 9.17) is 10.5 Å². The molecular weight excluding hydrogens is 514 g/mol. The lowest BCUT2D eigenvalue weighted by Gasteiger charge is -2.36. The average molecular weight is 554 g/mol. The maximum absolute atomic E-state index is 12.4. The fraction of sp³-hybridized carbons (Fsp3) is 0.438. The van der Waals surface area contributed by atoms with Gasteiger partial charge >= 0.3 is 0 Å². The van der Waals surface area contributed by atoms with Gasteiger partial charge in [-0.2, -0.15) is 0 Å². The van der Waals surface area contributed by atoms with E-state index < -0.39 is 0 Å². The molecule has 2 aliphatic carbocycles. The number of piperazine rings is 1. The minimum absolute atomic E-state index is 0.202. The van der Waals surface area contributed by atoms with Crippen molar-refractivity contribution >= 4 is 17.4 Å². The van der Waals surface area contributed by atoms with Gasteiger partial charge in [-0.25, -0.2) is 9.97 Å². The van der Waals surface area contributed by atoms with Crippen LogP contribution in [0, 0.1) is 17.8 Å². The molecule has 1 aromatic carbocycles. The largest absolute Gasteiger partial charge is 0.470 e. The summed E-state index contributed by atoms with van der Waals surface area (Å²) in [6.07, 6.45) is 13.9. The Bertz CT molecular complexity index is 1340. The second kappa shape index (κ2) is 12.7. The van der Waals surface area contributed by atoms with E-state index in [1.807, 2.05) is 12.1 Å². The number of nitrogen functional groups attached to an aromatic ring is 1. The highest BCUT2D eigenvalue weighted by Gasteiger charge is 2.35. The van der Waals surface area contributed by atoms with E-state index in [-0.39, 0.29) is 11.7 Å². The van der Waals surface area contributed by atoms with Gasteiger partial charge in [-0.1, -0.05) is 24.3 Å². The fourth-order valence-electron chi connectivity index (χ4n) is 6.26. The summed E-state index contributed by atoms with van der Waals surface area (Å²) in [4.78, 5) is 30.2. The number of anilines is 2. The molecule has 3 aliphatic rings. The maximum atomic E-state index is 12.4. The number of pyridine rings is 1. The lowest BCUT2D eigenvalue weighted by molar-refractivity contribution is -0.121. The Morgan fingerprint density at radius 3 is 2.56 bits per heavy atom. The molecule has 3 atom stereocenters. The first-order valence-corrected chi connectivity index (χ1v) is 14.8. The molecular formula is C32H39N7O2. The number of ether oxygens (including phenoxy) is 1. The molecule has 0 spiro atoms. The van der Waals surface area contributed by atoms with Crippen LogP contribution in [0.2, 0.25) is 0 Å². The van der Waals surface area contributed by atoms with E-state index in [9.17, 15) is 4.79 Å². The number of aromatic nitrogens is 3. The first-order valence-electron chi connectivity index (χ1n) is 14.8. The molecule has 1 amide bonds. The second-order valence-electron chi connectivity index (χ2n) is 11.4. The summed E-state index contributed by atoms with van der Waals surface area (Å²) in [6, 6.07) is 12.2. The molecule has 1 aliphatic heterocycles. The zero-order valence-electron chi connectivity index (χ0n) is 23.5. The highest BCUT2D eigenvalue weighted by molar-refractivity contribution is 5.75. The summed E-state index contributed by atoms with van der Waals surface area (Å²) in [5.74, 6) is 2.89. The third-order valence-electron chi connectivity index (χ3n) is 8.65. The molecule has 1 saturated heterocycles. The number of rotatable bonds is 11. The highest BCUT2D eigenvalue weighted by atomic mass is 16.5. The molecule has 9 heteroatoms. The van der Waals surface area contributed by atoms with Crippen molar-refractivity contribution in [3.05, 3.63) is 72.7 Å². The summed E-state index contributed by atoms with van der Waals surface area (Å²) < 4.78 is 5.83. The standard InChI is InChI=1S/C32H39N7O2/c33-31-32(41-22-23-9-11-34-12-10-23)37-29(21-36-31)25-5-7-28(8-6-25)39-16-14-38(15-17-39)13-1-2-30(40)35-20-27-19-24-3-4-26(27)18-24/h3-12,21,24,26-27H,1-2,13-20,22H2,(H2,33,36)(H,35,40). The Hall–Kier alpha value is -3.98. The first kappa shape index (κ1) is 27.2. The van der Waals surface area contributed by atoms with Crippen LogP contribution >= 0.6 is 0 Å². The minimum atomic E-state index is 0.202. The van der Waals surface area contributed by atoms with Gasteiger partial charge in [-0.3, -0.25) is 14.7 Å². The highest BCUT2D eigenvalue weighted by Crippen LogP contribution is 2.43. The fourth-order valence-corrected chi connectivity index (χ4v) is 6.26. The molecule has 3 heterocycles. The number of carbonyl (C=O) groups is 1. The monoisotopic (exact) mass is 553 g/mol. The van der Waals surface area contributed by atoms with E-state index in [2.05, 4.69) is 66.5 Å². The number of allylic oxidation sites excluding steroid dienone is 2. The van der Waals surface area contributed by atoms with Crippen LogP contribution in [0.4, 0.5) is 11.5 Å². The summed E-state index contributed by atoms with van der Waals surface area (Å²) >= 11 is 0. The summed E-state index contributed by atoms with van der Waals surface area (Å²) in [5, 5.41) is 3.19. The van der Waals surface area contributed by atoms with E-state index in [0.29, 0.717) is 30.7 Å². The number of fused-ring (bicyclic) bond motifs is 2. The van der Waals surface area contributed by atoms with Crippen molar-refractivity contribution in [3.8, 4) is 17.1 Å². The predicted octanol–water partition coefficient (Wildman–Crippen LogP) is 3.93. The predicted molar refractivity (Wildman–Crippen MR) is 160 cm³/mol. The second-order valence-corrected chi connectivity index (χ2v) is 11.4. The number of hydrogen-bond acceptors (Lipinski definition) is 8. The molecule has 1 saturated carbocycles. The molecule has 0 radical (unpaired) electrons. The van der Waals surface area contributed by atoms with Crippen molar-refractivity contribution in [2.45, 2.75) is 32.3 Å². The third kappa shape index (κ3) is 6.85. The molecule has 3 aromatic rings. The van der Waals surface area contributed by atoms with Crippen molar-refractivity contribution in [1.29, 1.82) is 0 Å². The summed E-state index contributed by atoms with van der Waals surface area (Å²) in [7, 11) is 0. The quantitative estimate of drug-likeness (QED) is 0.344. The average Bonchev–Trinajstić information content (AvgIpc) is 3.65. The molecule has 6 rings (SSSR count). The zero-order valence-corrected chi connectivity index (χ0v) is 23.5. The number of nitrogens with zero attached hydrogens (tertiary/aromatic N) is 5. The number of nitrogens with two attached hydrogens (primary N) is 1. The van der Waals surface area contributed by atoms with Gasteiger partial charge < -0.3 is 20.7 Å². The van der Waals surface area contributed by atoms with Crippen LogP contribution in [-0.4, -0.2) is 65.0 Å². The van der Waals surface area contributed by atoms with Crippen LogP contribution in [0.3, 0.4) is 0 Å². The molecule has 3 unspecified atom stereocenters. The van der Waals surface area contributed by atoms with Crippen molar-refractivity contribution in [3.63, 3.8) is 0 Å². The van der Waals surface area contributed by atoms with Crippen molar-refractivity contribution in [2.24, 2.45) is 17.8 Å². The van der Waals surface area contributed by atoms with E-state index in [1.165, 1.54) is 18.5 Å². The maximum Gasteiger partial charge on any atom is 0.258 e. The Balaban J connectivity index is 0.930. The van der Waals surface area contributed by atoms with Gasteiger partial charge in [0.15, 0.2) is 5.82 Å². The van der Waals surface area contributed by atoms with Crippen LogP contribution < -0.4 is 20.7 Å². The van der Waals surface area contributed by atoms with Crippen LogP contribution in [0.5, 0.6) is 5.88 Å². The Kier molecular flexibility index (Phi) is 8.41. The Labute approximate surface area is 241 Å². The zero-order chi connectivity index (χ0) is 28.0. The van der Waals surface area contributed by atoms with Gasteiger partial charge in [-0.15, -0.1) is 0 Å². The van der Waals surface area contributed by atoms with Crippen LogP contribution in [0.1, 0.15) is 31.2 Å². The van der Waals surface area contributed by atoms with Crippen LogP contribution in [0.25, 0.3) is 11.3 Å². The van der Waals surface area contributed by atoms with Crippen molar-refractivity contribution in [1.82, 2.24) is 25.2 Å². The lowest BCUT2D eigenvalue weighted by Crippen LogP contribution is -2.46. The number of hydrogen-bond donors (Lipinski definition) is 2. The lowest BCUT2D eigenvalue weighted by atomic mass is 9.93. The van der Waals surface area contributed by atoms with Gasteiger partial charge in [0.25, 0.3) is 5.88 Å². The van der Waals surface area contributed by atoms with Crippen molar-refractivity contribution < 1.29 is 9.53 Å². The summed E-state index contributed by atoms with van der Waals surface area (Å²) in [5.41, 5.74) is 9.88. The number of carbonyl (C=O) groups excluding carboxylic acids is 1. The molecule has 2 bridgehead atoms. The molecule has 2 fully saturated rings. The normalized spacial score (nSPS) is 21.8. The number of amides is 1. The van der Waals surface area contributed by atoms with Gasteiger partial charge in [0.2, 0.25) is 5.91 Å². The molecule has 2 aromatic heterocycles. The number of nitrogens with one attached hydrogen (secondary N) is 1. The van der Waals surface area contributed by atoms with E-state index in [1.54, 1.807) is 18.6 Å². The minimum Gasteiger partial charge on any atom is -0.470 e. The van der Waals surface area contributed by atoms with E-state index in [0.717, 1.165) is 68.4 Å². The van der Waals surface area contributed by atoms with Crippen LogP contribution in [-0.2, 0) is 11.4 Å². The van der Waals surface area contributed by atoms with Gasteiger partial charge in [-0.05, 0) is 73.4 Å². The number of benzene rings is 1. The van der Waals surface area contributed by atoms with E-state index >= 15 is 0 Å². The molecule has 9 nitrogen and oxygen atoms in total. The molecule has 214 valence electrons. The first-order chi connectivity index (χ1) is 20.1. The van der Waals surface area contributed by atoms with Gasteiger partial charge in [0.05, 0.1) is 11.9 Å². The third-order valence-corrected chi connectivity index (χ3v) is 8.65. The summed E-state index contributed by atoms with van der Waals surface area (Å²) in [6.45, 7) is 6.11. The SMILES string of the molecule is Nc1ncc(-c2ccc(N3CCN(CCCC(=O)NCC4CC5C=CC4C5)CC3)cc2)nc1OCc1ccncc1. The van der Waals surface area contributed by atoms with Gasteiger partial charge in [0.1, 0.15) is 6.61 Å². The van der Waals surface area contributed by atoms with Gasteiger partial charge in [0, 0.05) is 62.8 Å². The van der Waals surface area contributed by atoms with Crippen molar-refractivity contribution in [2.75, 3.05) is 49.9 Å². The topological polar surface area (TPSA) is 110 Å².